The Bertz CT molecular complexity index is 789. The highest BCUT2D eigenvalue weighted by Crippen LogP contribution is 2.37. The predicted octanol–water partition coefficient (Wildman–Crippen LogP) is 1.68. The zero-order valence-electron chi connectivity index (χ0n) is 15.5. The van der Waals surface area contributed by atoms with Gasteiger partial charge in [-0.15, -0.1) is 11.8 Å². The number of nitrogens with one attached hydrogen (secondary N) is 1. The van der Waals surface area contributed by atoms with Gasteiger partial charge in [-0.25, -0.2) is 8.42 Å². The van der Waals surface area contributed by atoms with Gasteiger partial charge in [0.2, 0.25) is 21.8 Å². The van der Waals surface area contributed by atoms with Crippen molar-refractivity contribution in [2.45, 2.75) is 43.5 Å². The second kappa shape index (κ2) is 8.41. The fourth-order valence-corrected chi connectivity index (χ4v) is 5.13. The molecule has 0 spiro atoms. The summed E-state index contributed by atoms with van der Waals surface area (Å²) >= 11 is 1.35. The summed E-state index contributed by atoms with van der Waals surface area (Å²) in [5.41, 5.74) is 0.471. The number of fused-ring (bicyclic) bond motifs is 1. The van der Waals surface area contributed by atoms with E-state index in [9.17, 15) is 18.0 Å². The Morgan fingerprint density at radius 2 is 1.96 bits per heavy atom. The van der Waals surface area contributed by atoms with Gasteiger partial charge in [0.15, 0.2) is 0 Å². The fourth-order valence-electron chi connectivity index (χ4n) is 2.74. The fraction of sp³-hybridized carbons (Fsp3) is 0.529. The molecule has 26 heavy (non-hydrogen) atoms. The molecule has 1 aromatic carbocycles. The van der Waals surface area contributed by atoms with Crippen molar-refractivity contribution in [1.82, 2.24) is 9.62 Å². The van der Waals surface area contributed by atoms with E-state index in [0.717, 1.165) is 4.90 Å². The SMILES string of the molecule is CCN(CC)S(=O)(=O)c1ccc2c(c1)N(CC(=O)NC(C)C)C(=O)CS2. The summed E-state index contributed by atoms with van der Waals surface area (Å²) in [7, 11) is -3.64. The largest absolute Gasteiger partial charge is 0.352 e. The molecule has 144 valence electrons. The Labute approximate surface area is 159 Å². The van der Waals surface area contributed by atoms with Crippen molar-refractivity contribution in [1.29, 1.82) is 0 Å². The second-order valence-corrected chi connectivity index (χ2v) is 9.16. The summed E-state index contributed by atoms with van der Waals surface area (Å²) in [4.78, 5) is 26.8. The van der Waals surface area contributed by atoms with Crippen LogP contribution in [-0.2, 0) is 19.6 Å². The van der Waals surface area contributed by atoms with Crippen molar-refractivity contribution in [2.75, 3.05) is 30.3 Å². The molecule has 1 aliphatic rings. The van der Waals surface area contributed by atoms with Crippen LogP contribution in [0.4, 0.5) is 5.69 Å². The molecular weight excluding hydrogens is 374 g/mol. The summed E-state index contributed by atoms with van der Waals surface area (Å²) in [6, 6.07) is 4.72. The maximum absolute atomic E-state index is 12.8. The molecule has 0 aromatic heterocycles. The van der Waals surface area contributed by atoms with Crippen LogP contribution in [0.25, 0.3) is 0 Å². The Hall–Kier alpha value is -1.58. The molecule has 0 radical (unpaired) electrons. The van der Waals surface area contributed by atoms with Crippen molar-refractivity contribution in [3.05, 3.63) is 18.2 Å². The van der Waals surface area contributed by atoms with Crippen LogP contribution in [-0.4, -0.2) is 56.0 Å². The lowest BCUT2D eigenvalue weighted by Crippen LogP contribution is -2.45. The molecule has 1 N–H and O–H groups in total. The molecule has 1 aromatic rings. The number of thioether (sulfide) groups is 1. The van der Waals surface area contributed by atoms with Crippen LogP contribution >= 0.6 is 11.8 Å². The molecule has 2 amide bonds. The number of amides is 2. The number of anilines is 1. The quantitative estimate of drug-likeness (QED) is 0.754. The maximum Gasteiger partial charge on any atom is 0.243 e. The van der Waals surface area contributed by atoms with Crippen molar-refractivity contribution in [3.8, 4) is 0 Å². The number of benzene rings is 1. The van der Waals surface area contributed by atoms with Crippen molar-refractivity contribution in [3.63, 3.8) is 0 Å². The van der Waals surface area contributed by atoms with Crippen molar-refractivity contribution >= 4 is 39.3 Å². The Morgan fingerprint density at radius 3 is 2.54 bits per heavy atom. The van der Waals surface area contributed by atoms with Gasteiger partial charge in [-0.05, 0) is 32.0 Å². The summed E-state index contributed by atoms with van der Waals surface area (Å²) < 4.78 is 26.9. The number of carbonyl (C=O) groups excluding carboxylic acids is 2. The molecule has 0 fully saturated rings. The van der Waals surface area contributed by atoms with Gasteiger partial charge >= 0.3 is 0 Å². The smallest absolute Gasteiger partial charge is 0.243 e. The molecule has 0 unspecified atom stereocenters. The Morgan fingerprint density at radius 1 is 1.31 bits per heavy atom. The van der Waals surface area contributed by atoms with Gasteiger partial charge in [-0.3, -0.25) is 9.59 Å². The minimum Gasteiger partial charge on any atom is -0.352 e. The van der Waals surface area contributed by atoms with Gasteiger partial charge in [0.25, 0.3) is 0 Å². The lowest BCUT2D eigenvalue weighted by atomic mass is 10.2. The first-order valence-corrected chi connectivity index (χ1v) is 11.0. The predicted molar refractivity (Wildman–Crippen MR) is 103 cm³/mol. The van der Waals surface area contributed by atoms with E-state index in [1.807, 2.05) is 13.8 Å². The molecule has 0 bridgehead atoms. The number of hydrogen-bond acceptors (Lipinski definition) is 5. The Kier molecular flexibility index (Phi) is 6.70. The van der Waals surface area contributed by atoms with Crippen molar-refractivity contribution < 1.29 is 18.0 Å². The van der Waals surface area contributed by atoms with Crippen molar-refractivity contribution in [2.24, 2.45) is 0 Å². The molecule has 0 saturated heterocycles. The topological polar surface area (TPSA) is 86.8 Å². The third-order valence-corrected chi connectivity index (χ3v) is 7.06. The van der Waals surface area contributed by atoms with Crippen LogP contribution in [0.2, 0.25) is 0 Å². The molecule has 0 atom stereocenters. The van der Waals surface area contributed by atoms with E-state index in [4.69, 9.17) is 0 Å². The molecule has 0 saturated carbocycles. The molecule has 1 aliphatic heterocycles. The molecule has 2 rings (SSSR count). The second-order valence-electron chi connectivity index (χ2n) is 6.21. The van der Waals surface area contributed by atoms with E-state index >= 15 is 0 Å². The standard InChI is InChI=1S/C17H25N3O4S2/c1-5-19(6-2)26(23,24)13-7-8-15-14(9-13)20(17(22)11-25-15)10-16(21)18-12(3)4/h7-9,12H,5-6,10-11H2,1-4H3,(H,18,21). The zero-order valence-corrected chi connectivity index (χ0v) is 17.1. The van der Waals surface area contributed by atoms with Gasteiger partial charge in [0, 0.05) is 24.0 Å². The number of nitrogens with zero attached hydrogens (tertiary/aromatic N) is 2. The van der Waals surface area contributed by atoms with E-state index in [2.05, 4.69) is 5.32 Å². The zero-order chi connectivity index (χ0) is 19.5. The van der Waals surface area contributed by atoms with Crippen LogP contribution in [0, 0.1) is 0 Å². The average Bonchev–Trinajstić information content (AvgIpc) is 2.57. The van der Waals surface area contributed by atoms with Crippen LogP contribution < -0.4 is 10.2 Å². The lowest BCUT2D eigenvalue weighted by molar-refractivity contribution is -0.123. The summed E-state index contributed by atoms with van der Waals surface area (Å²) in [5, 5.41) is 2.76. The van der Waals surface area contributed by atoms with Crippen LogP contribution in [0.3, 0.4) is 0 Å². The lowest BCUT2D eigenvalue weighted by Gasteiger charge is -2.29. The molecule has 1 heterocycles. The van der Waals surface area contributed by atoms with E-state index in [-0.39, 0.29) is 35.0 Å². The highest BCUT2D eigenvalue weighted by atomic mass is 32.2. The third kappa shape index (κ3) is 4.39. The molecule has 0 aliphatic carbocycles. The minimum absolute atomic E-state index is 0.0365. The van der Waals surface area contributed by atoms with Crippen LogP contribution in [0.15, 0.2) is 28.0 Å². The number of sulfonamides is 1. The monoisotopic (exact) mass is 399 g/mol. The first-order valence-electron chi connectivity index (χ1n) is 8.57. The molecule has 9 heteroatoms. The van der Waals surface area contributed by atoms with Gasteiger partial charge in [0.05, 0.1) is 16.3 Å². The number of carbonyl (C=O) groups is 2. The number of rotatable bonds is 7. The van der Waals surface area contributed by atoms with Crippen LogP contribution in [0.5, 0.6) is 0 Å². The van der Waals surface area contributed by atoms with E-state index < -0.39 is 10.0 Å². The summed E-state index contributed by atoms with van der Waals surface area (Å²) in [5.74, 6) is -0.258. The van der Waals surface area contributed by atoms with Gasteiger partial charge < -0.3 is 10.2 Å². The highest BCUT2D eigenvalue weighted by molar-refractivity contribution is 8.00. The van der Waals surface area contributed by atoms with Crippen LogP contribution in [0.1, 0.15) is 27.7 Å². The molecular formula is C17H25N3O4S2. The number of hydrogen-bond donors (Lipinski definition) is 1. The van der Waals surface area contributed by atoms with Gasteiger partial charge in [-0.1, -0.05) is 13.8 Å². The normalized spacial score (nSPS) is 14.7. The van der Waals surface area contributed by atoms with E-state index in [1.54, 1.807) is 26.0 Å². The summed E-state index contributed by atoms with van der Waals surface area (Å²) in [6.07, 6.45) is 0. The highest BCUT2D eigenvalue weighted by Gasteiger charge is 2.30. The maximum atomic E-state index is 12.8. The summed E-state index contributed by atoms with van der Waals surface area (Å²) in [6.45, 7) is 7.85. The van der Waals surface area contributed by atoms with E-state index in [1.165, 1.54) is 27.0 Å². The average molecular weight is 400 g/mol. The third-order valence-electron chi connectivity index (χ3n) is 3.97. The van der Waals surface area contributed by atoms with Gasteiger partial charge in [0.1, 0.15) is 6.54 Å². The van der Waals surface area contributed by atoms with Gasteiger partial charge in [-0.2, -0.15) is 4.31 Å². The first-order chi connectivity index (χ1) is 12.2. The first kappa shape index (κ1) is 20.7. The van der Waals surface area contributed by atoms with E-state index in [0.29, 0.717) is 18.8 Å². The Balaban J connectivity index is 2.41. The molecule has 7 nitrogen and oxygen atoms in total. The minimum atomic E-state index is -3.64.